The van der Waals surface area contributed by atoms with Crippen molar-refractivity contribution in [3.05, 3.63) is 110 Å². The zero-order chi connectivity index (χ0) is 39.7. The number of rotatable bonds is 8. The molecular formula is C40H41ClF2N9O4+. The summed E-state index contributed by atoms with van der Waals surface area (Å²) in [5.41, 5.74) is 3.30. The molecular weight excluding hydrogens is 744 g/mol. The van der Waals surface area contributed by atoms with Crippen molar-refractivity contribution in [2.24, 2.45) is 10.9 Å². The van der Waals surface area contributed by atoms with E-state index in [0.29, 0.717) is 29.4 Å². The molecule has 0 saturated carbocycles. The van der Waals surface area contributed by atoms with E-state index in [1.54, 1.807) is 28.7 Å². The van der Waals surface area contributed by atoms with Crippen LogP contribution in [0.25, 0.3) is 11.4 Å². The van der Waals surface area contributed by atoms with Crippen LogP contribution in [0.1, 0.15) is 59.8 Å². The number of hydrogen-bond acceptors (Lipinski definition) is 9. The molecule has 4 aromatic rings. The fraction of sp³-hybridized carbons (Fsp3) is 0.350. The summed E-state index contributed by atoms with van der Waals surface area (Å²) in [4.78, 5) is 62.4. The maximum absolute atomic E-state index is 14.5. The van der Waals surface area contributed by atoms with E-state index in [9.17, 15) is 28.3 Å². The number of aromatic hydroxyl groups is 1. The minimum Gasteiger partial charge on any atom is -0.504 e. The minimum atomic E-state index is -3.12. The van der Waals surface area contributed by atoms with E-state index in [2.05, 4.69) is 32.4 Å². The van der Waals surface area contributed by atoms with Crippen LogP contribution in [0.5, 0.6) is 5.75 Å². The summed E-state index contributed by atoms with van der Waals surface area (Å²) >= 11 is 6.36. The largest absolute Gasteiger partial charge is 0.504 e. The summed E-state index contributed by atoms with van der Waals surface area (Å²) in [6.45, 7) is 5.74. The molecule has 3 aromatic heterocycles. The SMILES string of the molecule is CCc1c(N2CCN(C(=O)c3ncnc(C)c3O)CC2)c(=O)n2ccc(C3=CCC4CCN=CC=C4C=C3)nc2[n+]1CC(=O)Nc1ccc(C(C)(F)F)cc1Cl. The first-order chi connectivity index (χ1) is 26.8. The lowest BCUT2D eigenvalue weighted by Gasteiger charge is -2.36. The third-order valence-electron chi connectivity index (χ3n) is 10.4. The number of amides is 2. The van der Waals surface area contributed by atoms with Gasteiger partial charge in [-0.15, -0.1) is 0 Å². The third-order valence-corrected chi connectivity index (χ3v) is 10.7. The maximum atomic E-state index is 14.5. The van der Waals surface area contributed by atoms with Crippen LogP contribution in [0.15, 0.2) is 76.5 Å². The van der Waals surface area contributed by atoms with Gasteiger partial charge in [0.05, 0.1) is 22.6 Å². The molecule has 1 aliphatic carbocycles. The summed E-state index contributed by atoms with van der Waals surface area (Å²) in [5, 5.41) is 13.1. The molecule has 1 saturated heterocycles. The Bertz CT molecular complexity index is 2410. The number of nitrogens with one attached hydrogen (secondary N) is 1. The van der Waals surface area contributed by atoms with Crippen LogP contribution >= 0.6 is 11.6 Å². The van der Waals surface area contributed by atoms with Crippen LogP contribution in [-0.2, 0) is 23.7 Å². The highest BCUT2D eigenvalue weighted by atomic mass is 35.5. The van der Waals surface area contributed by atoms with Gasteiger partial charge < -0.3 is 20.2 Å². The average molecular weight is 785 g/mol. The zero-order valence-corrected chi connectivity index (χ0v) is 31.9. The molecule has 0 radical (unpaired) electrons. The quantitative estimate of drug-likeness (QED) is 0.235. The van der Waals surface area contributed by atoms with Crippen LogP contribution < -0.4 is 20.3 Å². The van der Waals surface area contributed by atoms with Crippen LogP contribution in [0.4, 0.5) is 20.2 Å². The van der Waals surface area contributed by atoms with Crippen molar-refractivity contribution >= 4 is 52.4 Å². The highest BCUT2D eigenvalue weighted by Crippen LogP contribution is 2.33. The van der Waals surface area contributed by atoms with E-state index in [0.717, 1.165) is 37.9 Å². The van der Waals surface area contributed by atoms with E-state index in [1.165, 1.54) is 28.4 Å². The Morgan fingerprint density at radius 3 is 2.64 bits per heavy atom. The van der Waals surface area contributed by atoms with Gasteiger partial charge in [-0.05, 0) is 49.5 Å². The molecule has 1 unspecified atom stereocenters. The molecule has 0 spiro atoms. The standard InChI is InChI=1S/C40H40ClF2N9O4/c1-4-32-35(49-17-19-50(20-18-49)37(55)34-36(54)24(2)45-23-46-34)38(56)51-16-13-30(27-7-5-25-11-14-44-15-12-26(25)6-8-27)48-39(51)52(32)22-33(53)47-31-10-9-28(21-29(31)41)40(3,42)43/h5,7-11,13-14,16,21,23,26H,4,6,12,15,17-20,22H2,1-3H3,(H-,47,53,54,55)/p+1. The van der Waals surface area contributed by atoms with Gasteiger partial charge in [0.15, 0.2) is 29.4 Å². The number of piperazine rings is 1. The summed E-state index contributed by atoms with van der Waals surface area (Å²) in [7, 11) is 0. The second-order valence-corrected chi connectivity index (χ2v) is 14.4. The Labute approximate surface area is 326 Å². The number of aliphatic imine (C=N–C) groups is 1. The van der Waals surface area contributed by atoms with E-state index >= 15 is 0 Å². The number of carbonyl (C=O) groups excluding carboxylic acids is 2. The summed E-state index contributed by atoms with van der Waals surface area (Å²) in [6, 6.07) is 5.45. The van der Waals surface area contributed by atoms with Crippen LogP contribution in [0, 0.1) is 12.8 Å². The Kier molecular flexibility index (Phi) is 10.8. The number of fused-ring (bicyclic) bond motifs is 2. The predicted octanol–water partition coefficient (Wildman–Crippen LogP) is 5.08. The lowest BCUT2D eigenvalue weighted by Crippen LogP contribution is -2.54. The number of hydrogen-bond donors (Lipinski definition) is 2. The van der Waals surface area contributed by atoms with Crippen LogP contribution in [0.3, 0.4) is 0 Å². The first-order valence-electron chi connectivity index (χ1n) is 18.4. The first kappa shape index (κ1) is 38.4. The molecule has 290 valence electrons. The summed E-state index contributed by atoms with van der Waals surface area (Å²) < 4.78 is 31.1. The Morgan fingerprint density at radius 1 is 1.12 bits per heavy atom. The molecule has 5 heterocycles. The van der Waals surface area contributed by atoms with E-state index in [4.69, 9.17) is 16.6 Å². The van der Waals surface area contributed by atoms with Crippen molar-refractivity contribution in [2.75, 3.05) is 42.9 Å². The van der Waals surface area contributed by atoms with E-state index in [-0.39, 0.29) is 77.5 Å². The van der Waals surface area contributed by atoms with Gasteiger partial charge in [0, 0.05) is 69.5 Å². The minimum absolute atomic E-state index is 0.0454. The molecule has 0 bridgehead atoms. The number of allylic oxidation sites excluding steroid dienone is 6. The third kappa shape index (κ3) is 7.68. The molecule has 16 heteroatoms. The lowest BCUT2D eigenvalue weighted by molar-refractivity contribution is -0.670. The topological polar surface area (TPSA) is 149 Å². The Balaban J connectivity index is 1.26. The molecule has 2 aliphatic heterocycles. The van der Waals surface area contributed by atoms with Gasteiger partial charge in [-0.2, -0.15) is 4.40 Å². The monoisotopic (exact) mass is 784 g/mol. The fourth-order valence-corrected chi connectivity index (χ4v) is 7.51. The normalized spacial score (nSPS) is 17.2. The number of halogens is 3. The molecule has 1 fully saturated rings. The molecule has 13 nitrogen and oxygen atoms in total. The van der Waals surface area contributed by atoms with Gasteiger partial charge >= 0.3 is 11.3 Å². The van der Waals surface area contributed by atoms with Gasteiger partial charge in [-0.3, -0.25) is 14.6 Å². The number of carbonyl (C=O) groups is 2. The highest BCUT2D eigenvalue weighted by molar-refractivity contribution is 6.33. The van der Waals surface area contributed by atoms with Gasteiger partial charge in [-0.1, -0.05) is 47.8 Å². The van der Waals surface area contributed by atoms with Crippen molar-refractivity contribution in [1.29, 1.82) is 0 Å². The van der Waals surface area contributed by atoms with Gasteiger partial charge in [-0.25, -0.2) is 28.1 Å². The van der Waals surface area contributed by atoms with Crippen LogP contribution in [-0.4, -0.2) is 80.1 Å². The first-order valence-corrected chi connectivity index (χ1v) is 18.8. The molecule has 2 N–H and O–H groups in total. The number of anilines is 2. The number of aryl methyl sites for hydroxylation is 1. The smallest absolute Gasteiger partial charge is 0.407 e. The molecule has 3 aliphatic rings. The van der Waals surface area contributed by atoms with Crippen molar-refractivity contribution in [2.45, 2.75) is 52.5 Å². The average Bonchev–Trinajstić information content (AvgIpc) is 3.53. The second kappa shape index (κ2) is 15.7. The van der Waals surface area contributed by atoms with Crippen molar-refractivity contribution in [3.8, 4) is 5.75 Å². The number of nitrogens with zero attached hydrogens (tertiary/aromatic N) is 8. The lowest BCUT2D eigenvalue weighted by atomic mass is 9.93. The van der Waals surface area contributed by atoms with Gasteiger partial charge in [0.1, 0.15) is 12.0 Å². The summed E-state index contributed by atoms with van der Waals surface area (Å²) in [6.07, 6.45) is 15.0. The van der Waals surface area contributed by atoms with Crippen molar-refractivity contribution in [3.63, 3.8) is 0 Å². The zero-order valence-electron chi connectivity index (χ0n) is 31.2. The molecule has 56 heavy (non-hydrogen) atoms. The van der Waals surface area contributed by atoms with Crippen molar-refractivity contribution in [1.82, 2.24) is 24.3 Å². The van der Waals surface area contributed by atoms with E-state index in [1.807, 2.05) is 30.2 Å². The Hall–Kier alpha value is -5.83. The maximum Gasteiger partial charge on any atom is 0.407 e. The van der Waals surface area contributed by atoms with Gasteiger partial charge in [0.25, 0.3) is 17.7 Å². The Morgan fingerprint density at radius 2 is 1.91 bits per heavy atom. The molecule has 2 amide bonds. The second-order valence-electron chi connectivity index (χ2n) is 14.0. The molecule has 1 atom stereocenters. The molecule has 7 rings (SSSR count). The highest BCUT2D eigenvalue weighted by Gasteiger charge is 2.33. The predicted molar refractivity (Wildman–Crippen MR) is 209 cm³/mol. The number of benzene rings is 1. The fourth-order valence-electron chi connectivity index (χ4n) is 7.28. The van der Waals surface area contributed by atoms with Crippen LogP contribution in [0.2, 0.25) is 5.02 Å². The van der Waals surface area contributed by atoms with Gasteiger partial charge in [0.2, 0.25) is 0 Å². The number of aromatic nitrogens is 5. The van der Waals surface area contributed by atoms with E-state index < -0.39 is 17.7 Å². The molecule has 1 aromatic carbocycles. The van der Waals surface area contributed by atoms with Crippen molar-refractivity contribution < 1.29 is 28.0 Å². The summed E-state index contributed by atoms with van der Waals surface area (Å²) in [5.74, 6) is -3.81. The number of alkyl halides is 2.